The highest BCUT2D eigenvalue weighted by atomic mass is 32.1. The van der Waals surface area contributed by atoms with E-state index in [-0.39, 0.29) is 38.6 Å². The normalized spacial score (nSPS) is 10.6. The zero-order chi connectivity index (χ0) is 21.3. The van der Waals surface area contributed by atoms with Crippen molar-refractivity contribution in [1.29, 1.82) is 0 Å². The Hall–Kier alpha value is -3.46. The van der Waals surface area contributed by atoms with Crippen molar-refractivity contribution in [3.63, 3.8) is 0 Å². The van der Waals surface area contributed by atoms with Gasteiger partial charge in [-0.05, 0) is 24.6 Å². The van der Waals surface area contributed by atoms with E-state index in [0.29, 0.717) is 5.75 Å². The van der Waals surface area contributed by atoms with E-state index in [1.807, 2.05) is 0 Å². The Bertz CT molecular complexity index is 1130. The number of nitrogens with one attached hydrogen (secondary N) is 1. The van der Waals surface area contributed by atoms with E-state index in [1.165, 1.54) is 49.7 Å². The molecule has 9 heteroatoms. The summed E-state index contributed by atoms with van der Waals surface area (Å²) < 4.78 is 33.2. The van der Waals surface area contributed by atoms with Gasteiger partial charge in [0.05, 0.1) is 12.7 Å². The number of aryl methyl sites for hydroxylation is 1. The summed E-state index contributed by atoms with van der Waals surface area (Å²) in [5.74, 6) is -4.45. The number of hydrogen-bond acceptors (Lipinski definition) is 5. The van der Waals surface area contributed by atoms with Gasteiger partial charge in [0.2, 0.25) is 0 Å². The second-order valence-electron chi connectivity index (χ2n) is 6.05. The van der Waals surface area contributed by atoms with Gasteiger partial charge < -0.3 is 20.3 Å². The van der Waals surface area contributed by atoms with E-state index >= 15 is 0 Å². The number of aromatic hydroxyl groups is 1. The van der Waals surface area contributed by atoms with Crippen LogP contribution in [-0.4, -0.2) is 29.2 Å². The summed E-state index contributed by atoms with van der Waals surface area (Å²) in [5.41, 5.74) is -0.687. The highest BCUT2D eigenvalue weighted by molar-refractivity contribution is 7.15. The van der Waals surface area contributed by atoms with Crippen LogP contribution < -0.4 is 10.1 Å². The van der Waals surface area contributed by atoms with Crippen LogP contribution in [0.5, 0.6) is 11.5 Å². The molecule has 0 spiro atoms. The topological polar surface area (TPSA) is 95.9 Å². The molecule has 1 heterocycles. The molecule has 1 aromatic heterocycles. The van der Waals surface area contributed by atoms with Crippen molar-refractivity contribution in [2.45, 2.75) is 6.92 Å². The molecule has 0 saturated heterocycles. The number of carbonyl (C=O) groups is 2. The average molecular weight is 419 g/mol. The maximum Gasteiger partial charge on any atom is 0.339 e. The molecule has 150 valence electrons. The number of anilines is 1. The largest absolute Gasteiger partial charge is 0.507 e. The summed E-state index contributed by atoms with van der Waals surface area (Å²) in [6.07, 6.45) is 0. The van der Waals surface area contributed by atoms with E-state index in [1.54, 1.807) is 0 Å². The minimum Gasteiger partial charge on any atom is -0.507 e. The molecule has 0 fully saturated rings. The van der Waals surface area contributed by atoms with Gasteiger partial charge >= 0.3 is 5.97 Å². The van der Waals surface area contributed by atoms with Crippen LogP contribution >= 0.6 is 11.3 Å². The van der Waals surface area contributed by atoms with Crippen LogP contribution in [-0.2, 0) is 0 Å². The third-order valence-electron chi connectivity index (χ3n) is 4.25. The smallest absolute Gasteiger partial charge is 0.339 e. The zero-order valence-corrected chi connectivity index (χ0v) is 16.1. The first kappa shape index (κ1) is 20.3. The Morgan fingerprint density at radius 1 is 1.10 bits per heavy atom. The molecule has 29 heavy (non-hydrogen) atoms. The molecule has 0 radical (unpaired) electrons. The third kappa shape index (κ3) is 3.77. The fourth-order valence-electron chi connectivity index (χ4n) is 2.72. The van der Waals surface area contributed by atoms with Crippen LogP contribution in [0, 0.1) is 18.6 Å². The zero-order valence-electron chi connectivity index (χ0n) is 15.2. The molecular formula is C20H15F2NO5S. The Morgan fingerprint density at radius 2 is 1.83 bits per heavy atom. The molecule has 6 nitrogen and oxygen atoms in total. The summed E-state index contributed by atoms with van der Waals surface area (Å²) in [6, 6.07) is 6.62. The van der Waals surface area contributed by atoms with E-state index in [2.05, 4.69) is 5.32 Å². The lowest BCUT2D eigenvalue weighted by atomic mass is 10.0. The Morgan fingerprint density at radius 3 is 2.45 bits per heavy atom. The molecule has 3 rings (SSSR count). The number of halogens is 2. The quantitative estimate of drug-likeness (QED) is 0.559. The number of carboxylic acid groups (broad SMARTS) is 1. The van der Waals surface area contributed by atoms with Crippen LogP contribution in [0.25, 0.3) is 11.1 Å². The van der Waals surface area contributed by atoms with Crippen molar-refractivity contribution in [3.8, 4) is 22.6 Å². The molecule has 0 aliphatic rings. The maximum absolute atomic E-state index is 14.4. The molecular weight excluding hydrogens is 404 g/mol. The maximum atomic E-state index is 14.4. The van der Waals surface area contributed by atoms with Crippen LogP contribution in [0.2, 0.25) is 0 Å². The van der Waals surface area contributed by atoms with Crippen molar-refractivity contribution in [2.24, 2.45) is 0 Å². The van der Waals surface area contributed by atoms with Gasteiger partial charge in [0, 0.05) is 22.6 Å². The molecule has 0 atom stereocenters. The minimum atomic E-state index is -1.42. The van der Waals surface area contributed by atoms with Crippen molar-refractivity contribution >= 4 is 28.2 Å². The number of aromatic carboxylic acids is 1. The van der Waals surface area contributed by atoms with Crippen molar-refractivity contribution in [2.75, 3.05) is 12.4 Å². The lowest BCUT2D eigenvalue weighted by molar-refractivity contribution is 0.0699. The van der Waals surface area contributed by atoms with E-state index in [9.17, 15) is 28.6 Å². The number of carbonyl (C=O) groups excluding carboxylic acids is 1. The first-order valence-corrected chi connectivity index (χ1v) is 9.10. The van der Waals surface area contributed by atoms with Crippen LogP contribution in [0.3, 0.4) is 0 Å². The molecule has 3 N–H and O–H groups in total. The molecule has 3 aromatic rings. The van der Waals surface area contributed by atoms with Gasteiger partial charge in [0.25, 0.3) is 5.91 Å². The van der Waals surface area contributed by atoms with Gasteiger partial charge in [-0.25, -0.2) is 13.6 Å². The van der Waals surface area contributed by atoms with Crippen molar-refractivity contribution in [3.05, 3.63) is 64.0 Å². The number of benzene rings is 2. The van der Waals surface area contributed by atoms with E-state index in [0.717, 1.165) is 11.3 Å². The first-order chi connectivity index (χ1) is 13.7. The van der Waals surface area contributed by atoms with Gasteiger partial charge in [-0.1, -0.05) is 12.1 Å². The number of rotatable bonds is 5. The summed E-state index contributed by atoms with van der Waals surface area (Å²) in [5, 5.41) is 23.2. The molecule has 0 saturated carbocycles. The van der Waals surface area contributed by atoms with Gasteiger partial charge in [0.1, 0.15) is 22.1 Å². The number of phenols is 1. The fourth-order valence-corrected chi connectivity index (χ4v) is 3.66. The van der Waals surface area contributed by atoms with E-state index < -0.39 is 23.5 Å². The fraction of sp³-hybridized carbons (Fsp3) is 0.100. The lowest BCUT2D eigenvalue weighted by Gasteiger charge is -2.09. The first-order valence-electron chi connectivity index (χ1n) is 8.22. The summed E-state index contributed by atoms with van der Waals surface area (Å²) in [7, 11) is 1.40. The molecule has 2 aromatic carbocycles. The van der Waals surface area contributed by atoms with Crippen LogP contribution in [0.4, 0.5) is 13.8 Å². The van der Waals surface area contributed by atoms with Gasteiger partial charge in [-0.3, -0.25) is 4.79 Å². The third-order valence-corrected chi connectivity index (χ3v) is 5.14. The second-order valence-corrected chi connectivity index (χ2v) is 6.93. The second kappa shape index (κ2) is 7.88. The molecule has 0 aliphatic carbocycles. The number of carboxylic acids is 1. The molecule has 0 bridgehead atoms. The molecule has 0 unspecified atom stereocenters. The van der Waals surface area contributed by atoms with E-state index in [4.69, 9.17) is 4.74 Å². The van der Waals surface area contributed by atoms with Crippen molar-refractivity contribution in [1.82, 2.24) is 0 Å². The highest BCUT2D eigenvalue weighted by Crippen LogP contribution is 2.38. The number of amides is 1. The summed E-state index contributed by atoms with van der Waals surface area (Å²) in [4.78, 5) is 24.3. The standard InChI is InChI=1S/C20H15F2NO5S/c1-9-3-5-11(17(22)16(9)21)13-8-29-19(15(13)20(26)27)23-18(25)12-6-4-10(28-2)7-14(12)24/h3-8,24H,1-2H3,(H,23,25)(H,26,27). The Balaban J connectivity index is 2.01. The Labute approximate surface area is 168 Å². The van der Waals surface area contributed by atoms with Crippen molar-refractivity contribution < 1.29 is 33.3 Å². The minimum absolute atomic E-state index is 0.0619. The molecule has 1 amide bonds. The Kier molecular flexibility index (Phi) is 5.51. The van der Waals surface area contributed by atoms with Gasteiger partial charge in [-0.2, -0.15) is 0 Å². The predicted octanol–water partition coefficient (Wildman–Crippen LogP) is 4.67. The van der Waals surface area contributed by atoms with Gasteiger partial charge in [-0.15, -0.1) is 11.3 Å². The average Bonchev–Trinajstić information content (AvgIpc) is 3.09. The monoisotopic (exact) mass is 419 g/mol. The SMILES string of the molecule is COc1ccc(C(=O)Nc2scc(-c3ccc(C)c(F)c3F)c2C(=O)O)c(O)c1. The van der Waals surface area contributed by atoms with Crippen LogP contribution in [0.1, 0.15) is 26.3 Å². The number of thiophene rings is 1. The molecule has 0 aliphatic heterocycles. The van der Waals surface area contributed by atoms with Gasteiger partial charge in [0.15, 0.2) is 11.6 Å². The number of ether oxygens (including phenoxy) is 1. The predicted molar refractivity (Wildman–Crippen MR) is 104 cm³/mol. The lowest BCUT2D eigenvalue weighted by Crippen LogP contribution is -2.14. The summed E-state index contributed by atoms with van der Waals surface area (Å²) >= 11 is 0.846. The number of phenolic OH excluding ortho intramolecular Hbond substituents is 1. The van der Waals surface area contributed by atoms with Crippen LogP contribution in [0.15, 0.2) is 35.7 Å². The summed E-state index contributed by atoms with van der Waals surface area (Å²) in [6.45, 7) is 1.39. The number of methoxy groups -OCH3 is 1. The highest BCUT2D eigenvalue weighted by Gasteiger charge is 2.25. The number of hydrogen-bond donors (Lipinski definition) is 3.